The van der Waals surface area contributed by atoms with Crippen LogP contribution in [0.3, 0.4) is 0 Å². The van der Waals surface area contributed by atoms with Gasteiger partial charge in [-0.3, -0.25) is 4.79 Å². The Labute approximate surface area is 133 Å². The van der Waals surface area contributed by atoms with Crippen LogP contribution in [-0.4, -0.2) is 41.4 Å². The molecule has 0 aliphatic heterocycles. The minimum absolute atomic E-state index is 0.0138. The van der Waals surface area contributed by atoms with E-state index in [1.165, 1.54) is 0 Å². The van der Waals surface area contributed by atoms with Crippen LogP contribution < -0.4 is 10.6 Å². The Bertz CT molecular complexity index is 379. The monoisotopic (exact) mass is 314 g/mol. The lowest BCUT2D eigenvalue weighted by Gasteiger charge is -2.29. The molecule has 0 aromatic carbocycles. The minimum Gasteiger partial charge on any atom is -0.481 e. The maximum absolute atomic E-state index is 11.8. The Hall–Kier alpha value is -1.30. The molecule has 6 heteroatoms. The number of aliphatic carboxylic acids is 1. The molecule has 0 aromatic heterocycles. The summed E-state index contributed by atoms with van der Waals surface area (Å²) in [5.41, 5.74) is -0.506. The van der Waals surface area contributed by atoms with Crippen molar-refractivity contribution in [3.63, 3.8) is 0 Å². The molecule has 0 bridgehead atoms. The van der Waals surface area contributed by atoms with E-state index in [2.05, 4.69) is 10.6 Å². The Balaban J connectivity index is 2.37. The molecule has 1 aliphatic rings. The smallest absolute Gasteiger partial charge is 0.407 e. The van der Waals surface area contributed by atoms with Crippen LogP contribution >= 0.6 is 0 Å². The molecule has 22 heavy (non-hydrogen) atoms. The highest BCUT2D eigenvalue weighted by atomic mass is 16.6. The molecule has 0 saturated heterocycles. The van der Waals surface area contributed by atoms with Crippen molar-refractivity contribution in [2.24, 2.45) is 5.92 Å². The van der Waals surface area contributed by atoms with Gasteiger partial charge in [-0.2, -0.15) is 0 Å². The average molecular weight is 314 g/mol. The normalized spacial score (nSPS) is 23.6. The molecule has 0 heterocycles. The number of carboxylic acids is 1. The summed E-state index contributed by atoms with van der Waals surface area (Å²) >= 11 is 0. The third kappa shape index (κ3) is 7.11. The van der Waals surface area contributed by atoms with Crippen LogP contribution in [0.4, 0.5) is 4.79 Å². The van der Waals surface area contributed by atoms with Crippen molar-refractivity contribution in [1.82, 2.24) is 10.6 Å². The van der Waals surface area contributed by atoms with Crippen molar-refractivity contribution in [3.05, 3.63) is 0 Å². The maximum atomic E-state index is 11.8. The van der Waals surface area contributed by atoms with Crippen LogP contribution in [0.2, 0.25) is 0 Å². The highest BCUT2D eigenvalue weighted by Gasteiger charge is 2.27. The van der Waals surface area contributed by atoms with E-state index in [-0.39, 0.29) is 18.0 Å². The number of hydrogen-bond acceptors (Lipinski definition) is 4. The molecule has 0 spiro atoms. The molecule has 128 valence electrons. The van der Waals surface area contributed by atoms with Gasteiger partial charge in [0, 0.05) is 18.6 Å². The summed E-state index contributed by atoms with van der Waals surface area (Å²) in [6.45, 7) is 8.14. The number of amides is 1. The molecule has 3 atom stereocenters. The number of nitrogens with one attached hydrogen (secondary N) is 2. The Kier molecular flexibility index (Phi) is 7.13. The Morgan fingerprint density at radius 2 is 2.00 bits per heavy atom. The first-order chi connectivity index (χ1) is 10.2. The number of carbonyl (C=O) groups is 2. The van der Waals surface area contributed by atoms with E-state index < -0.39 is 17.7 Å². The summed E-state index contributed by atoms with van der Waals surface area (Å²) in [7, 11) is 0. The van der Waals surface area contributed by atoms with Crippen LogP contribution in [-0.2, 0) is 9.53 Å². The molecule has 0 aromatic rings. The quantitative estimate of drug-likeness (QED) is 0.701. The van der Waals surface area contributed by atoms with Crippen LogP contribution in [0.25, 0.3) is 0 Å². The number of hydrogen-bond donors (Lipinski definition) is 3. The molecule has 1 amide bonds. The van der Waals surface area contributed by atoms with E-state index in [4.69, 9.17) is 9.84 Å². The second-order valence-electron chi connectivity index (χ2n) is 7.06. The minimum atomic E-state index is -0.703. The van der Waals surface area contributed by atoms with Crippen LogP contribution in [0.15, 0.2) is 0 Å². The number of ether oxygens (including phenoxy) is 1. The van der Waals surface area contributed by atoms with Crippen molar-refractivity contribution in [3.8, 4) is 0 Å². The van der Waals surface area contributed by atoms with Gasteiger partial charge < -0.3 is 20.5 Å². The first kappa shape index (κ1) is 18.7. The van der Waals surface area contributed by atoms with Gasteiger partial charge in [0.1, 0.15) is 5.60 Å². The standard InChI is InChI=1S/C16H30N2O4/c1-5-12(18-15(21)22-16(2,3)4)10-17-13-8-6-7-11(9-13)14(19)20/h11-13,17H,5-10H2,1-4H3,(H,18,21)(H,19,20). The van der Waals surface area contributed by atoms with Gasteiger partial charge >= 0.3 is 12.1 Å². The van der Waals surface area contributed by atoms with Gasteiger partial charge in [0.15, 0.2) is 0 Å². The molecule has 1 saturated carbocycles. The van der Waals surface area contributed by atoms with E-state index in [1.54, 1.807) is 0 Å². The van der Waals surface area contributed by atoms with Gasteiger partial charge in [-0.15, -0.1) is 0 Å². The SMILES string of the molecule is CCC(CNC1CCCC(C(=O)O)C1)NC(=O)OC(C)(C)C. The van der Waals surface area contributed by atoms with Gasteiger partial charge in [0.25, 0.3) is 0 Å². The summed E-state index contributed by atoms with van der Waals surface area (Å²) in [6.07, 6.45) is 3.74. The van der Waals surface area contributed by atoms with Gasteiger partial charge in [-0.1, -0.05) is 13.3 Å². The molecule has 3 unspecified atom stereocenters. The van der Waals surface area contributed by atoms with E-state index in [1.807, 2.05) is 27.7 Å². The lowest BCUT2D eigenvalue weighted by Crippen LogP contribution is -2.47. The Morgan fingerprint density at radius 1 is 1.32 bits per heavy atom. The third-order valence-electron chi connectivity index (χ3n) is 3.89. The zero-order valence-electron chi connectivity index (χ0n) is 14.1. The van der Waals surface area contributed by atoms with E-state index >= 15 is 0 Å². The molecule has 6 nitrogen and oxygen atoms in total. The first-order valence-corrected chi connectivity index (χ1v) is 8.17. The second kappa shape index (κ2) is 8.36. The van der Waals surface area contributed by atoms with Crippen molar-refractivity contribution < 1.29 is 19.4 Å². The van der Waals surface area contributed by atoms with Crippen molar-refractivity contribution in [1.29, 1.82) is 0 Å². The predicted octanol–water partition coefficient (Wildman–Crippen LogP) is 2.52. The topological polar surface area (TPSA) is 87.7 Å². The van der Waals surface area contributed by atoms with E-state index in [9.17, 15) is 9.59 Å². The molecule has 1 aliphatic carbocycles. The zero-order valence-corrected chi connectivity index (χ0v) is 14.1. The van der Waals surface area contributed by atoms with Gasteiger partial charge in [-0.05, 0) is 46.5 Å². The number of carboxylic acid groups (broad SMARTS) is 1. The molecule has 3 N–H and O–H groups in total. The number of alkyl carbamates (subject to hydrolysis) is 1. The summed E-state index contributed by atoms with van der Waals surface area (Å²) < 4.78 is 5.25. The molecule has 1 rings (SSSR count). The van der Waals surface area contributed by atoms with Crippen LogP contribution in [0, 0.1) is 5.92 Å². The van der Waals surface area contributed by atoms with Crippen molar-refractivity contribution in [2.75, 3.05) is 6.54 Å². The zero-order chi connectivity index (χ0) is 16.8. The van der Waals surface area contributed by atoms with E-state index in [0.717, 1.165) is 25.7 Å². The third-order valence-corrected chi connectivity index (χ3v) is 3.89. The molecule has 0 radical (unpaired) electrons. The highest BCUT2D eigenvalue weighted by molar-refractivity contribution is 5.70. The fourth-order valence-corrected chi connectivity index (χ4v) is 2.68. The lowest BCUT2D eigenvalue weighted by atomic mass is 9.85. The molecular formula is C16H30N2O4. The fourth-order valence-electron chi connectivity index (χ4n) is 2.68. The van der Waals surface area contributed by atoms with Gasteiger partial charge in [-0.25, -0.2) is 4.79 Å². The second-order valence-corrected chi connectivity index (χ2v) is 7.06. The molecular weight excluding hydrogens is 284 g/mol. The van der Waals surface area contributed by atoms with Crippen molar-refractivity contribution in [2.45, 2.75) is 77.5 Å². The number of rotatable bonds is 6. The van der Waals surface area contributed by atoms with Crippen molar-refractivity contribution >= 4 is 12.1 Å². The summed E-state index contributed by atoms with van der Waals surface area (Å²) in [5, 5.41) is 15.4. The highest BCUT2D eigenvalue weighted by Crippen LogP contribution is 2.24. The predicted molar refractivity (Wildman–Crippen MR) is 84.8 cm³/mol. The van der Waals surface area contributed by atoms with Gasteiger partial charge in [0.05, 0.1) is 5.92 Å². The summed E-state index contributed by atoms with van der Waals surface area (Å²) in [4.78, 5) is 22.9. The first-order valence-electron chi connectivity index (χ1n) is 8.17. The Morgan fingerprint density at radius 3 is 2.55 bits per heavy atom. The average Bonchev–Trinajstić information content (AvgIpc) is 2.41. The van der Waals surface area contributed by atoms with Crippen LogP contribution in [0.1, 0.15) is 59.8 Å². The molecule has 1 fully saturated rings. The fraction of sp³-hybridized carbons (Fsp3) is 0.875. The number of carbonyl (C=O) groups excluding carboxylic acids is 1. The summed E-state index contributed by atoms with van der Waals surface area (Å²) in [5.74, 6) is -0.949. The lowest BCUT2D eigenvalue weighted by molar-refractivity contribution is -0.143. The van der Waals surface area contributed by atoms with Crippen LogP contribution in [0.5, 0.6) is 0 Å². The maximum Gasteiger partial charge on any atom is 0.407 e. The van der Waals surface area contributed by atoms with E-state index in [0.29, 0.717) is 13.0 Å². The largest absolute Gasteiger partial charge is 0.481 e. The van der Waals surface area contributed by atoms with Gasteiger partial charge in [0.2, 0.25) is 0 Å². The summed E-state index contributed by atoms with van der Waals surface area (Å²) in [6, 6.07) is 0.199.